The molecule has 1 unspecified atom stereocenters. The zero-order valence-corrected chi connectivity index (χ0v) is 10.4. The number of nitrogens with zero attached hydrogens (tertiary/aromatic N) is 2. The second kappa shape index (κ2) is 5.98. The molecular formula is C13H21N3O. The molecule has 1 aromatic heterocycles. The van der Waals surface area contributed by atoms with Gasteiger partial charge in [-0.1, -0.05) is 6.07 Å². The maximum Gasteiger partial charge on any atom is 0.131 e. The lowest BCUT2D eigenvalue weighted by atomic mass is 10.1. The Morgan fingerprint density at radius 1 is 1.59 bits per heavy atom. The van der Waals surface area contributed by atoms with Crippen LogP contribution in [0, 0.1) is 0 Å². The average Bonchev–Trinajstić information content (AvgIpc) is 2.40. The summed E-state index contributed by atoms with van der Waals surface area (Å²) in [6, 6.07) is 4.10. The van der Waals surface area contributed by atoms with Crippen molar-refractivity contribution in [3.63, 3.8) is 0 Å². The second-order valence-electron chi connectivity index (χ2n) is 4.47. The highest BCUT2D eigenvalue weighted by molar-refractivity contribution is 5.47. The van der Waals surface area contributed by atoms with Crippen LogP contribution in [0.3, 0.4) is 0 Å². The third-order valence-corrected chi connectivity index (χ3v) is 3.29. The molecular weight excluding hydrogens is 214 g/mol. The summed E-state index contributed by atoms with van der Waals surface area (Å²) in [5.74, 6) is 1.08. The van der Waals surface area contributed by atoms with E-state index in [0.717, 1.165) is 38.2 Å². The minimum atomic E-state index is 0.330. The summed E-state index contributed by atoms with van der Waals surface area (Å²) >= 11 is 0. The van der Waals surface area contributed by atoms with E-state index in [-0.39, 0.29) is 0 Å². The first-order valence-corrected chi connectivity index (χ1v) is 6.27. The highest BCUT2D eigenvalue weighted by Gasteiger charge is 2.21. The largest absolute Gasteiger partial charge is 0.380 e. The van der Waals surface area contributed by atoms with Crippen molar-refractivity contribution in [2.24, 2.45) is 5.73 Å². The van der Waals surface area contributed by atoms with Crippen molar-refractivity contribution in [2.45, 2.75) is 25.4 Å². The maximum absolute atomic E-state index is 5.64. The van der Waals surface area contributed by atoms with E-state index in [2.05, 4.69) is 16.0 Å². The van der Waals surface area contributed by atoms with Crippen molar-refractivity contribution in [2.75, 3.05) is 31.6 Å². The van der Waals surface area contributed by atoms with E-state index in [1.54, 1.807) is 7.11 Å². The molecule has 0 aliphatic carbocycles. The second-order valence-corrected chi connectivity index (χ2v) is 4.47. The molecule has 1 atom stereocenters. The topological polar surface area (TPSA) is 51.4 Å². The van der Waals surface area contributed by atoms with Gasteiger partial charge in [0.2, 0.25) is 0 Å². The van der Waals surface area contributed by atoms with Crippen LogP contribution in [0.5, 0.6) is 0 Å². The van der Waals surface area contributed by atoms with Gasteiger partial charge in [-0.3, -0.25) is 0 Å². The van der Waals surface area contributed by atoms with E-state index in [0.29, 0.717) is 12.6 Å². The summed E-state index contributed by atoms with van der Waals surface area (Å²) in [6.45, 7) is 2.67. The van der Waals surface area contributed by atoms with Gasteiger partial charge in [0, 0.05) is 26.4 Å². The Hall–Kier alpha value is -1.13. The van der Waals surface area contributed by atoms with Crippen molar-refractivity contribution in [1.82, 2.24) is 4.98 Å². The van der Waals surface area contributed by atoms with E-state index < -0.39 is 0 Å². The highest BCUT2D eigenvalue weighted by Crippen LogP contribution is 2.22. The third kappa shape index (κ3) is 2.96. The fraction of sp³-hybridized carbons (Fsp3) is 0.615. The van der Waals surface area contributed by atoms with Gasteiger partial charge in [-0.2, -0.15) is 0 Å². The fourth-order valence-electron chi connectivity index (χ4n) is 2.39. The predicted molar refractivity (Wildman–Crippen MR) is 69.2 cm³/mol. The summed E-state index contributed by atoms with van der Waals surface area (Å²) < 4.78 is 5.45. The number of nitrogens with two attached hydrogens (primary N) is 1. The van der Waals surface area contributed by atoms with Gasteiger partial charge in [0.1, 0.15) is 5.82 Å². The van der Waals surface area contributed by atoms with Gasteiger partial charge in [0.05, 0.1) is 6.10 Å². The van der Waals surface area contributed by atoms with Crippen molar-refractivity contribution < 1.29 is 4.74 Å². The Morgan fingerprint density at radius 3 is 3.24 bits per heavy atom. The first-order valence-electron chi connectivity index (χ1n) is 6.27. The first-order chi connectivity index (χ1) is 8.35. The smallest absolute Gasteiger partial charge is 0.131 e. The fourth-order valence-corrected chi connectivity index (χ4v) is 2.39. The maximum atomic E-state index is 5.64. The Labute approximate surface area is 103 Å². The third-order valence-electron chi connectivity index (χ3n) is 3.29. The molecule has 1 aliphatic rings. The molecule has 2 heterocycles. The number of hydrogen-bond donors (Lipinski definition) is 1. The van der Waals surface area contributed by atoms with Crippen LogP contribution < -0.4 is 10.6 Å². The SMILES string of the molecule is COC1CCCN(c2ncccc2CCN)C1. The quantitative estimate of drug-likeness (QED) is 0.852. The number of piperidine rings is 1. The van der Waals surface area contributed by atoms with Crippen LogP contribution in [0.15, 0.2) is 18.3 Å². The minimum absolute atomic E-state index is 0.330. The Morgan fingerprint density at radius 2 is 2.47 bits per heavy atom. The van der Waals surface area contributed by atoms with E-state index in [1.807, 2.05) is 12.3 Å². The van der Waals surface area contributed by atoms with E-state index in [4.69, 9.17) is 10.5 Å². The summed E-state index contributed by atoms with van der Waals surface area (Å²) in [5, 5.41) is 0. The summed E-state index contributed by atoms with van der Waals surface area (Å²) in [7, 11) is 1.79. The van der Waals surface area contributed by atoms with Crippen LogP contribution in [0.2, 0.25) is 0 Å². The molecule has 1 fully saturated rings. The molecule has 0 bridgehead atoms. The predicted octanol–water partition coefficient (Wildman–Crippen LogP) is 1.20. The number of methoxy groups -OCH3 is 1. The van der Waals surface area contributed by atoms with Gasteiger partial charge < -0.3 is 15.4 Å². The van der Waals surface area contributed by atoms with Gasteiger partial charge in [-0.15, -0.1) is 0 Å². The average molecular weight is 235 g/mol. The summed E-state index contributed by atoms with van der Waals surface area (Å²) in [5.41, 5.74) is 6.88. The lowest BCUT2D eigenvalue weighted by Gasteiger charge is -2.33. The van der Waals surface area contributed by atoms with Gasteiger partial charge >= 0.3 is 0 Å². The summed E-state index contributed by atoms with van der Waals surface area (Å²) in [4.78, 5) is 6.83. The molecule has 1 saturated heterocycles. The van der Waals surface area contributed by atoms with Gasteiger partial charge in [0.15, 0.2) is 0 Å². The molecule has 94 valence electrons. The number of rotatable bonds is 4. The molecule has 1 aromatic rings. The molecule has 4 nitrogen and oxygen atoms in total. The number of aromatic nitrogens is 1. The molecule has 0 spiro atoms. The number of ether oxygens (including phenoxy) is 1. The Balaban J connectivity index is 2.15. The van der Waals surface area contributed by atoms with Crippen LogP contribution in [0.4, 0.5) is 5.82 Å². The highest BCUT2D eigenvalue weighted by atomic mass is 16.5. The monoisotopic (exact) mass is 235 g/mol. The Kier molecular flexibility index (Phi) is 4.34. The number of anilines is 1. The van der Waals surface area contributed by atoms with E-state index >= 15 is 0 Å². The molecule has 2 rings (SSSR count). The van der Waals surface area contributed by atoms with E-state index in [9.17, 15) is 0 Å². The van der Waals surface area contributed by atoms with Crippen molar-refractivity contribution in [1.29, 1.82) is 0 Å². The number of hydrogen-bond acceptors (Lipinski definition) is 4. The molecule has 0 amide bonds. The summed E-state index contributed by atoms with van der Waals surface area (Å²) in [6.07, 6.45) is 5.38. The Bertz CT molecular complexity index is 356. The van der Waals surface area contributed by atoms with Crippen LogP contribution >= 0.6 is 0 Å². The van der Waals surface area contributed by atoms with Gasteiger partial charge in [-0.05, 0) is 37.4 Å². The molecule has 0 saturated carbocycles. The van der Waals surface area contributed by atoms with Crippen LogP contribution in [-0.4, -0.2) is 37.8 Å². The van der Waals surface area contributed by atoms with Crippen LogP contribution in [0.1, 0.15) is 18.4 Å². The zero-order chi connectivity index (χ0) is 12.1. The van der Waals surface area contributed by atoms with Crippen LogP contribution in [0.25, 0.3) is 0 Å². The molecule has 2 N–H and O–H groups in total. The van der Waals surface area contributed by atoms with Crippen molar-refractivity contribution in [3.8, 4) is 0 Å². The van der Waals surface area contributed by atoms with Gasteiger partial charge in [-0.25, -0.2) is 4.98 Å². The normalized spacial score (nSPS) is 20.6. The minimum Gasteiger partial charge on any atom is -0.380 e. The molecule has 0 radical (unpaired) electrons. The molecule has 0 aromatic carbocycles. The standard InChI is InChI=1S/C13H21N3O/c1-17-12-5-3-9-16(10-12)13-11(6-7-14)4-2-8-15-13/h2,4,8,12H,3,5-7,9-10,14H2,1H3. The lowest BCUT2D eigenvalue weighted by Crippen LogP contribution is -2.40. The van der Waals surface area contributed by atoms with E-state index in [1.165, 1.54) is 5.56 Å². The number of pyridine rings is 1. The molecule has 17 heavy (non-hydrogen) atoms. The lowest BCUT2D eigenvalue weighted by molar-refractivity contribution is 0.0891. The van der Waals surface area contributed by atoms with Gasteiger partial charge in [0.25, 0.3) is 0 Å². The van der Waals surface area contributed by atoms with Crippen molar-refractivity contribution >= 4 is 5.82 Å². The zero-order valence-electron chi connectivity index (χ0n) is 10.4. The molecule has 1 aliphatic heterocycles. The molecule has 4 heteroatoms. The van der Waals surface area contributed by atoms with Crippen molar-refractivity contribution in [3.05, 3.63) is 23.9 Å². The first kappa shape index (κ1) is 12.3. The van der Waals surface area contributed by atoms with Crippen LogP contribution in [-0.2, 0) is 11.2 Å².